The Balaban J connectivity index is 2.16. The van der Waals surface area contributed by atoms with Crippen molar-refractivity contribution in [1.29, 1.82) is 0 Å². The molecule has 1 rings (SSSR count). The van der Waals surface area contributed by atoms with Crippen molar-refractivity contribution in [2.24, 2.45) is 17.8 Å². The lowest BCUT2D eigenvalue weighted by molar-refractivity contribution is 0.150. The summed E-state index contributed by atoms with van der Waals surface area (Å²) in [5.41, 5.74) is 0. The van der Waals surface area contributed by atoms with Crippen LogP contribution < -0.4 is 0 Å². The third-order valence-corrected chi connectivity index (χ3v) is 6.89. The summed E-state index contributed by atoms with van der Waals surface area (Å²) in [6.07, 6.45) is 20.1. The summed E-state index contributed by atoms with van der Waals surface area (Å²) >= 11 is 0. The van der Waals surface area contributed by atoms with E-state index in [-0.39, 0.29) is 0 Å². The van der Waals surface area contributed by atoms with E-state index in [0.717, 1.165) is 23.8 Å². The van der Waals surface area contributed by atoms with E-state index in [9.17, 15) is 0 Å². The maximum absolute atomic E-state index is 2.70. The van der Waals surface area contributed by atoms with Crippen molar-refractivity contribution in [3.63, 3.8) is 0 Å². The van der Waals surface area contributed by atoms with Crippen LogP contribution in [0.25, 0.3) is 0 Å². The molecule has 0 heterocycles. The number of rotatable bonds is 14. The number of hydrogen-bond acceptors (Lipinski definition) is 1. The molecule has 0 aromatic rings. The minimum absolute atomic E-state index is 0.873. The van der Waals surface area contributed by atoms with Gasteiger partial charge < -0.3 is 4.90 Å². The van der Waals surface area contributed by atoms with Crippen molar-refractivity contribution in [3.8, 4) is 0 Å². The summed E-state index contributed by atoms with van der Waals surface area (Å²) in [4.78, 5) is 2.70. The lowest BCUT2D eigenvalue weighted by Gasteiger charge is -2.35. The van der Waals surface area contributed by atoms with Gasteiger partial charge in [0.25, 0.3) is 0 Å². The molecule has 1 aliphatic carbocycles. The third-order valence-electron chi connectivity index (χ3n) is 6.89. The highest BCUT2D eigenvalue weighted by Crippen LogP contribution is 2.32. The van der Waals surface area contributed by atoms with Gasteiger partial charge in [-0.05, 0) is 76.3 Å². The van der Waals surface area contributed by atoms with Gasteiger partial charge in [-0.15, -0.1) is 0 Å². The summed E-state index contributed by atoms with van der Waals surface area (Å²) in [5, 5.41) is 0. The number of unbranched alkanes of at least 4 members (excludes halogenated alkanes) is 2. The molecule has 0 aromatic heterocycles. The van der Waals surface area contributed by atoms with Crippen LogP contribution >= 0.6 is 0 Å². The average Bonchev–Trinajstić information content (AvgIpc) is 2.63. The van der Waals surface area contributed by atoms with E-state index in [1.54, 1.807) is 0 Å². The van der Waals surface area contributed by atoms with Gasteiger partial charge in [-0.2, -0.15) is 0 Å². The van der Waals surface area contributed by atoms with Crippen LogP contribution in [0.4, 0.5) is 0 Å². The second-order valence-corrected chi connectivity index (χ2v) is 9.20. The smallest absolute Gasteiger partial charge is 0.00924 e. The molecule has 0 amide bonds. The third kappa shape index (κ3) is 10.0. The minimum Gasteiger partial charge on any atom is -0.303 e. The van der Waals surface area contributed by atoms with E-state index >= 15 is 0 Å². The van der Waals surface area contributed by atoms with E-state index in [1.165, 1.54) is 96.4 Å². The quantitative estimate of drug-likeness (QED) is 0.310. The van der Waals surface area contributed by atoms with Gasteiger partial charge in [0.05, 0.1) is 0 Å². The molecule has 25 heavy (non-hydrogen) atoms. The maximum Gasteiger partial charge on any atom is 0.00924 e. The molecular weight excluding hydrogens is 302 g/mol. The number of nitrogens with zero attached hydrogens (tertiary/aromatic N) is 1. The highest BCUT2D eigenvalue weighted by Gasteiger charge is 2.24. The highest BCUT2D eigenvalue weighted by molar-refractivity contribution is 4.79. The van der Waals surface area contributed by atoms with Crippen molar-refractivity contribution >= 4 is 0 Å². The molecule has 0 N–H and O–H groups in total. The first-order chi connectivity index (χ1) is 12.1. The molecule has 0 saturated heterocycles. The van der Waals surface area contributed by atoms with Gasteiger partial charge in [-0.1, -0.05) is 72.6 Å². The van der Waals surface area contributed by atoms with Crippen LogP contribution in [0.15, 0.2) is 0 Å². The molecule has 2 atom stereocenters. The van der Waals surface area contributed by atoms with Crippen molar-refractivity contribution in [1.82, 2.24) is 4.90 Å². The Morgan fingerprint density at radius 1 is 0.840 bits per heavy atom. The molecule has 2 unspecified atom stereocenters. The van der Waals surface area contributed by atoms with Crippen LogP contribution in [-0.2, 0) is 0 Å². The molecule has 1 heteroatoms. The van der Waals surface area contributed by atoms with Gasteiger partial charge in [-0.25, -0.2) is 0 Å². The summed E-state index contributed by atoms with van der Waals surface area (Å²) in [6.45, 7) is 10.8. The molecule has 0 spiro atoms. The SMILES string of the molecule is CCCCC(C)CC1CCC(N(C)CCCC(CC)CCCC)CC1. The zero-order valence-electron chi connectivity index (χ0n) is 18.4. The van der Waals surface area contributed by atoms with E-state index in [1.807, 2.05) is 0 Å². The maximum atomic E-state index is 2.70. The fraction of sp³-hybridized carbons (Fsp3) is 1.00. The van der Waals surface area contributed by atoms with Gasteiger partial charge in [0.1, 0.15) is 0 Å². The van der Waals surface area contributed by atoms with E-state index in [2.05, 4.69) is 39.6 Å². The van der Waals surface area contributed by atoms with Gasteiger partial charge in [0, 0.05) is 6.04 Å². The molecule has 1 fully saturated rings. The molecule has 1 aliphatic rings. The summed E-state index contributed by atoms with van der Waals surface area (Å²) in [6, 6.07) is 0.873. The monoisotopic (exact) mass is 351 g/mol. The Hall–Kier alpha value is -0.0400. The second-order valence-electron chi connectivity index (χ2n) is 9.20. The normalized spacial score (nSPS) is 23.8. The molecule has 0 radical (unpaired) electrons. The van der Waals surface area contributed by atoms with Crippen molar-refractivity contribution < 1.29 is 0 Å². The minimum atomic E-state index is 0.873. The molecule has 1 saturated carbocycles. The Morgan fingerprint density at radius 3 is 2.04 bits per heavy atom. The lowest BCUT2D eigenvalue weighted by atomic mass is 9.79. The van der Waals surface area contributed by atoms with Gasteiger partial charge >= 0.3 is 0 Å². The van der Waals surface area contributed by atoms with Gasteiger partial charge in [0.15, 0.2) is 0 Å². The Bertz CT molecular complexity index is 292. The number of hydrogen-bond donors (Lipinski definition) is 0. The summed E-state index contributed by atoms with van der Waals surface area (Å²) < 4.78 is 0. The molecule has 0 aromatic carbocycles. The van der Waals surface area contributed by atoms with Crippen LogP contribution in [0, 0.1) is 17.8 Å². The first-order valence-electron chi connectivity index (χ1n) is 11.8. The van der Waals surface area contributed by atoms with Crippen LogP contribution in [0.1, 0.15) is 118 Å². The molecule has 0 bridgehead atoms. The zero-order chi connectivity index (χ0) is 18.5. The topological polar surface area (TPSA) is 3.24 Å². The average molecular weight is 352 g/mol. The Kier molecular flexibility index (Phi) is 12.9. The fourth-order valence-electron chi connectivity index (χ4n) is 4.92. The van der Waals surface area contributed by atoms with Crippen molar-refractivity contribution in [2.45, 2.75) is 124 Å². The standard InChI is InChI=1S/C24H49N/c1-6-9-12-21(4)20-23-15-17-24(18-16-23)25(5)19-11-14-22(8-3)13-10-7-2/h21-24H,6-20H2,1-5H3. The van der Waals surface area contributed by atoms with E-state index < -0.39 is 0 Å². The summed E-state index contributed by atoms with van der Waals surface area (Å²) in [5.74, 6) is 2.96. The predicted octanol–water partition coefficient (Wildman–Crippen LogP) is 7.69. The summed E-state index contributed by atoms with van der Waals surface area (Å²) in [7, 11) is 2.39. The lowest BCUT2D eigenvalue weighted by Crippen LogP contribution is -2.36. The first kappa shape index (κ1) is 23.0. The van der Waals surface area contributed by atoms with Crippen molar-refractivity contribution in [3.05, 3.63) is 0 Å². The van der Waals surface area contributed by atoms with Gasteiger partial charge in [-0.3, -0.25) is 0 Å². The fourth-order valence-corrected chi connectivity index (χ4v) is 4.92. The van der Waals surface area contributed by atoms with Crippen LogP contribution in [0.3, 0.4) is 0 Å². The van der Waals surface area contributed by atoms with E-state index in [4.69, 9.17) is 0 Å². The largest absolute Gasteiger partial charge is 0.303 e. The van der Waals surface area contributed by atoms with Crippen LogP contribution in [0.2, 0.25) is 0 Å². The molecular formula is C24H49N. The Labute approximate surface area is 160 Å². The van der Waals surface area contributed by atoms with Crippen molar-refractivity contribution in [2.75, 3.05) is 13.6 Å². The molecule has 150 valence electrons. The predicted molar refractivity (Wildman–Crippen MR) is 114 cm³/mol. The van der Waals surface area contributed by atoms with Crippen LogP contribution in [0.5, 0.6) is 0 Å². The highest BCUT2D eigenvalue weighted by atomic mass is 15.1. The van der Waals surface area contributed by atoms with E-state index in [0.29, 0.717) is 0 Å². The molecule has 1 nitrogen and oxygen atoms in total. The first-order valence-corrected chi connectivity index (χ1v) is 11.8. The van der Waals surface area contributed by atoms with Crippen LogP contribution in [-0.4, -0.2) is 24.5 Å². The Morgan fingerprint density at radius 2 is 1.44 bits per heavy atom. The second kappa shape index (κ2) is 14.1. The van der Waals surface area contributed by atoms with Gasteiger partial charge in [0.2, 0.25) is 0 Å². The molecule has 0 aliphatic heterocycles. The zero-order valence-corrected chi connectivity index (χ0v) is 18.4.